The molecule has 0 radical (unpaired) electrons. The molecule has 1 aromatic carbocycles. The molecule has 0 saturated carbocycles. The van der Waals surface area contributed by atoms with Crippen LogP contribution in [0.25, 0.3) is 5.76 Å². The van der Waals surface area contributed by atoms with E-state index in [2.05, 4.69) is 0 Å². The van der Waals surface area contributed by atoms with Crippen LogP contribution in [0.1, 0.15) is 12.5 Å². The second kappa shape index (κ2) is 5.25. The zero-order valence-electron chi connectivity index (χ0n) is 7.24. The number of hydrogen-bond acceptors (Lipinski definition) is 2. The largest absolute Gasteiger partial charge is 1.00 e. The molecular weight excluding hydrogens is 163 g/mol. The van der Waals surface area contributed by atoms with Crippen molar-refractivity contribution in [2.24, 2.45) is 0 Å². The summed E-state index contributed by atoms with van der Waals surface area (Å²) in [6, 6.07) is 8.76. The smallest absolute Gasteiger partial charge is 0.873 e. The minimum absolute atomic E-state index is 0. The fourth-order valence-electron chi connectivity index (χ4n) is 0.799. The van der Waals surface area contributed by atoms with Gasteiger partial charge in [-0.2, -0.15) is 0 Å². The van der Waals surface area contributed by atoms with E-state index in [1.165, 1.54) is 6.92 Å². The summed E-state index contributed by atoms with van der Waals surface area (Å²) in [7, 11) is 0. The van der Waals surface area contributed by atoms with Crippen LogP contribution in [0.4, 0.5) is 0 Å². The van der Waals surface area contributed by atoms with E-state index < -0.39 is 0 Å². The van der Waals surface area contributed by atoms with Crippen molar-refractivity contribution in [2.75, 3.05) is 0 Å². The zero-order valence-corrected chi connectivity index (χ0v) is 9.24. The molecule has 0 amide bonds. The topological polar surface area (TPSA) is 43.3 Å². The predicted molar refractivity (Wildman–Crippen MR) is 41.7 cm³/mol. The number of rotatable bonds is 1. The Morgan fingerprint density at radius 1 is 1.25 bits per heavy atom. The SMILES string of the molecule is C/C([O-])=C(\O)c1ccccc1.[Na+]. The summed E-state index contributed by atoms with van der Waals surface area (Å²) >= 11 is 0. The van der Waals surface area contributed by atoms with E-state index in [1.807, 2.05) is 6.07 Å². The average molecular weight is 172 g/mol. The summed E-state index contributed by atoms with van der Waals surface area (Å²) in [4.78, 5) is 0. The molecule has 0 aromatic heterocycles. The fraction of sp³-hybridized carbons (Fsp3) is 0.111. The molecule has 58 valence electrons. The van der Waals surface area contributed by atoms with Gasteiger partial charge >= 0.3 is 29.6 Å². The third-order valence-electron chi connectivity index (χ3n) is 1.38. The van der Waals surface area contributed by atoms with Crippen molar-refractivity contribution in [3.8, 4) is 0 Å². The number of hydrogen-bond donors (Lipinski definition) is 1. The van der Waals surface area contributed by atoms with Gasteiger partial charge in [0.05, 0.1) is 0 Å². The van der Waals surface area contributed by atoms with Crippen molar-refractivity contribution < 1.29 is 39.8 Å². The van der Waals surface area contributed by atoms with Gasteiger partial charge in [-0.25, -0.2) is 0 Å². The van der Waals surface area contributed by atoms with Crippen LogP contribution < -0.4 is 34.7 Å². The summed E-state index contributed by atoms with van der Waals surface area (Å²) in [6.07, 6.45) is 0. The van der Waals surface area contributed by atoms with Gasteiger partial charge in [-0.05, 0) is 0 Å². The Balaban J connectivity index is 0.00000121. The molecule has 0 spiro atoms. The normalized spacial score (nSPS) is 11.4. The van der Waals surface area contributed by atoms with Crippen molar-refractivity contribution >= 4 is 5.76 Å². The first-order chi connectivity index (χ1) is 5.22. The Morgan fingerprint density at radius 3 is 2.17 bits per heavy atom. The molecule has 1 rings (SSSR count). The van der Waals surface area contributed by atoms with Crippen LogP contribution in [0.3, 0.4) is 0 Å². The first-order valence-corrected chi connectivity index (χ1v) is 3.34. The minimum atomic E-state index is -0.309. The van der Waals surface area contributed by atoms with Crippen molar-refractivity contribution in [2.45, 2.75) is 6.92 Å². The Kier molecular flexibility index (Phi) is 5.06. The maximum atomic E-state index is 10.7. The Morgan fingerprint density at radius 2 is 1.75 bits per heavy atom. The van der Waals surface area contributed by atoms with Gasteiger partial charge in [0.25, 0.3) is 0 Å². The van der Waals surface area contributed by atoms with Crippen LogP contribution in [0.5, 0.6) is 0 Å². The van der Waals surface area contributed by atoms with Crippen molar-refractivity contribution in [1.29, 1.82) is 0 Å². The van der Waals surface area contributed by atoms with Crippen LogP contribution in [0, 0.1) is 0 Å². The molecule has 0 aliphatic rings. The predicted octanol–water partition coefficient (Wildman–Crippen LogP) is -1.70. The molecular formula is C9H9NaO2. The molecule has 1 N–H and O–H groups in total. The van der Waals surface area contributed by atoms with Gasteiger partial charge in [-0.1, -0.05) is 43.0 Å². The third-order valence-corrected chi connectivity index (χ3v) is 1.38. The standard InChI is InChI=1S/C9H10O2.Na/c1-7(10)9(11)8-5-3-2-4-6-8;/h2-6,10-11H,1H3;/q;+1/p-1/b9-7+;. The van der Waals surface area contributed by atoms with E-state index in [4.69, 9.17) is 5.11 Å². The van der Waals surface area contributed by atoms with Gasteiger partial charge in [0.2, 0.25) is 0 Å². The van der Waals surface area contributed by atoms with Crippen LogP contribution in [0.15, 0.2) is 36.1 Å². The van der Waals surface area contributed by atoms with Gasteiger partial charge in [0.15, 0.2) is 0 Å². The molecule has 0 saturated heterocycles. The maximum Gasteiger partial charge on any atom is 1.00 e. The third kappa shape index (κ3) is 2.89. The zero-order chi connectivity index (χ0) is 8.27. The number of benzene rings is 1. The molecule has 0 unspecified atom stereocenters. The number of aliphatic hydroxyl groups is 1. The van der Waals surface area contributed by atoms with E-state index in [9.17, 15) is 5.11 Å². The monoisotopic (exact) mass is 172 g/mol. The summed E-state index contributed by atoms with van der Waals surface area (Å²) in [5, 5.41) is 19.8. The second-order valence-corrected chi connectivity index (χ2v) is 2.27. The van der Waals surface area contributed by atoms with Crippen molar-refractivity contribution in [3.63, 3.8) is 0 Å². The van der Waals surface area contributed by atoms with Gasteiger partial charge in [0.1, 0.15) is 5.76 Å². The average Bonchev–Trinajstić information content (AvgIpc) is 2.05. The van der Waals surface area contributed by atoms with Crippen LogP contribution >= 0.6 is 0 Å². The summed E-state index contributed by atoms with van der Waals surface area (Å²) in [5.41, 5.74) is 0.569. The second-order valence-electron chi connectivity index (χ2n) is 2.27. The molecule has 12 heavy (non-hydrogen) atoms. The van der Waals surface area contributed by atoms with Crippen LogP contribution in [0.2, 0.25) is 0 Å². The van der Waals surface area contributed by atoms with Gasteiger partial charge in [0, 0.05) is 5.56 Å². The molecule has 1 aromatic rings. The Labute approximate surface area is 93.8 Å². The summed E-state index contributed by atoms with van der Waals surface area (Å²) in [6.45, 7) is 1.34. The van der Waals surface area contributed by atoms with Gasteiger partial charge < -0.3 is 10.2 Å². The Bertz CT molecular complexity index is 263. The maximum absolute atomic E-state index is 10.7. The first-order valence-electron chi connectivity index (χ1n) is 3.34. The van der Waals surface area contributed by atoms with E-state index in [1.54, 1.807) is 24.3 Å². The minimum Gasteiger partial charge on any atom is -0.873 e. The van der Waals surface area contributed by atoms with Crippen molar-refractivity contribution in [1.82, 2.24) is 0 Å². The Hall–Kier alpha value is -0.440. The molecule has 3 heteroatoms. The van der Waals surface area contributed by atoms with Gasteiger partial charge in [-0.15, -0.1) is 0 Å². The number of allylic oxidation sites excluding steroid dienone is 1. The van der Waals surface area contributed by atoms with Crippen molar-refractivity contribution in [3.05, 3.63) is 41.7 Å². The van der Waals surface area contributed by atoms with E-state index in [-0.39, 0.29) is 41.1 Å². The first kappa shape index (κ1) is 11.6. The molecule has 0 heterocycles. The van der Waals surface area contributed by atoms with Crippen LogP contribution in [-0.2, 0) is 0 Å². The summed E-state index contributed by atoms with van der Waals surface area (Å²) < 4.78 is 0. The molecule has 0 fully saturated rings. The molecule has 0 aliphatic heterocycles. The molecule has 2 nitrogen and oxygen atoms in total. The summed E-state index contributed by atoms with van der Waals surface area (Å²) in [5.74, 6) is -0.484. The van der Waals surface area contributed by atoms with E-state index in [0.29, 0.717) is 5.56 Å². The molecule has 0 atom stereocenters. The molecule has 0 aliphatic carbocycles. The molecule has 0 bridgehead atoms. The van der Waals surface area contributed by atoms with Gasteiger partial charge in [-0.3, -0.25) is 0 Å². The quantitative estimate of drug-likeness (QED) is 0.405. The van der Waals surface area contributed by atoms with Crippen LogP contribution in [-0.4, -0.2) is 5.11 Å². The van der Waals surface area contributed by atoms with E-state index in [0.717, 1.165) is 0 Å². The fourth-order valence-corrected chi connectivity index (χ4v) is 0.799. The van der Waals surface area contributed by atoms with E-state index >= 15 is 0 Å². The number of aliphatic hydroxyl groups excluding tert-OH is 1.